The van der Waals surface area contributed by atoms with Crippen LogP contribution in [0.3, 0.4) is 0 Å². The number of phenolic OH excluding ortho intramolecular Hbond substituents is 1. The van der Waals surface area contributed by atoms with Gasteiger partial charge in [0.1, 0.15) is 11.6 Å². The van der Waals surface area contributed by atoms with Crippen molar-refractivity contribution >= 4 is 22.8 Å². The molecule has 2 N–H and O–H groups in total. The number of phenols is 1. The third-order valence-corrected chi connectivity index (χ3v) is 5.81. The highest BCUT2D eigenvalue weighted by Gasteiger charge is 2.28. The van der Waals surface area contributed by atoms with Gasteiger partial charge in [-0.2, -0.15) is 0 Å². The monoisotopic (exact) mass is 420 g/mol. The quantitative estimate of drug-likeness (QED) is 0.609. The molecular formula is C24H28N4O3. The van der Waals surface area contributed by atoms with Crippen LogP contribution in [-0.2, 0) is 0 Å². The van der Waals surface area contributed by atoms with Crippen molar-refractivity contribution < 1.29 is 15.0 Å². The molecule has 7 nitrogen and oxygen atoms in total. The molecule has 0 radical (unpaired) electrons. The lowest BCUT2D eigenvalue weighted by molar-refractivity contribution is 0.138. The number of fused-ring (bicyclic) bond motifs is 1. The minimum atomic E-state index is -0.856. The Bertz CT molecular complexity index is 1100. The summed E-state index contributed by atoms with van der Waals surface area (Å²) in [5, 5.41) is 20.8. The number of hydrogen-bond donors (Lipinski definition) is 2. The van der Waals surface area contributed by atoms with Crippen LogP contribution >= 0.6 is 0 Å². The van der Waals surface area contributed by atoms with Gasteiger partial charge in [-0.1, -0.05) is 25.1 Å². The van der Waals surface area contributed by atoms with Gasteiger partial charge in [-0.25, -0.2) is 14.8 Å². The van der Waals surface area contributed by atoms with Crippen molar-refractivity contribution in [3.8, 4) is 17.1 Å². The Morgan fingerprint density at radius 3 is 2.77 bits per heavy atom. The van der Waals surface area contributed by atoms with Crippen molar-refractivity contribution in [1.29, 1.82) is 0 Å². The fourth-order valence-corrected chi connectivity index (χ4v) is 4.27. The lowest BCUT2D eigenvalue weighted by Crippen LogP contribution is -2.36. The number of nitrogens with zero attached hydrogens (tertiary/aromatic N) is 4. The van der Waals surface area contributed by atoms with E-state index in [1.165, 1.54) is 4.90 Å². The maximum Gasteiger partial charge on any atom is 0.407 e. The zero-order valence-corrected chi connectivity index (χ0v) is 18.0. The zero-order chi connectivity index (χ0) is 22.0. The molecule has 1 atom stereocenters. The first kappa shape index (κ1) is 20.9. The maximum absolute atomic E-state index is 11.5. The number of aromatic hydroxyl groups is 1. The second-order valence-corrected chi connectivity index (χ2v) is 8.24. The molecule has 162 valence electrons. The largest absolute Gasteiger partial charge is 0.507 e. The first-order valence-electron chi connectivity index (χ1n) is 10.8. The highest BCUT2D eigenvalue weighted by atomic mass is 16.4. The lowest BCUT2D eigenvalue weighted by atomic mass is 10.1. The molecule has 4 rings (SSSR count). The van der Waals surface area contributed by atoms with Crippen LogP contribution in [0.4, 0.5) is 10.6 Å². The van der Waals surface area contributed by atoms with E-state index in [-0.39, 0.29) is 11.7 Å². The standard InChI is InChI=1S/C24H28N4O3/c1-3-11-28(24(30)31)15-17-10-12-27(14-17)23-18-9-8-16(2)13-20(18)25-22(26-23)19-6-4-5-7-21(19)29/h4-9,13,17,29H,3,10-12,14-15H2,1-2H3,(H,30,31)/t17-/m0/s1. The summed E-state index contributed by atoms with van der Waals surface area (Å²) in [4.78, 5) is 24.9. The molecule has 3 aromatic rings. The number of carboxylic acid groups (broad SMARTS) is 1. The Morgan fingerprint density at radius 1 is 1.23 bits per heavy atom. The van der Waals surface area contributed by atoms with Gasteiger partial charge in [0.2, 0.25) is 0 Å². The van der Waals surface area contributed by atoms with Gasteiger partial charge in [0.15, 0.2) is 5.82 Å². The Labute approximate surface area is 182 Å². The highest BCUT2D eigenvalue weighted by Crippen LogP contribution is 2.34. The molecule has 1 saturated heterocycles. The topological polar surface area (TPSA) is 89.8 Å². The van der Waals surface area contributed by atoms with E-state index in [0.29, 0.717) is 24.5 Å². The summed E-state index contributed by atoms with van der Waals surface area (Å²) in [6.45, 7) is 6.67. The second-order valence-electron chi connectivity index (χ2n) is 8.24. The Hall–Kier alpha value is -3.35. The first-order valence-corrected chi connectivity index (χ1v) is 10.8. The van der Waals surface area contributed by atoms with Crippen LogP contribution in [0, 0.1) is 12.8 Å². The van der Waals surface area contributed by atoms with Crippen LogP contribution in [0.5, 0.6) is 5.75 Å². The molecule has 0 saturated carbocycles. The lowest BCUT2D eigenvalue weighted by Gasteiger charge is -2.24. The molecule has 1 aliphatic heterocycles. The molecular weight excluding hydrogens is 392 g/mol. The minimum Gasteiger partial charge on any atom is -0.507 e. The zero-order valence-electron chi connectivity index (χ0n) is 18.0. The number of para-hydroxylation sites is 1. The van der Waals surface area contributed by atoms with Crippen LogP contribution in [0.2, 0.25) is 0 Å². The van der Waals surface area contributed by atoms with Crippen molar-refractivity contribution in [2.75, 3.05) is 31.1 Å². The van der Waals surface area contributed by atoms with Crippen LogP contribution in [0.1, 0.15) is 25.3 Å². The molecule has 1 aromatic heterocycles. The van der Waals surface area contributed by atoms with Crippen LogP contribution in [-0.4, -0.2) is 57.4 Å². The number of amides is 1. The van der Waals surface area contributed by atoms with Crippen molar-refractivity contribution in [1.82, 2.24) is 14.9 Å². The van der Waals surface area contributed by atoms with Crippen molar-refractivity contribution in [3.63, 3.8) is 0 Å². The minimum absolute atomic E-state index is 0.149. The van der Waals surface area contributed by atoms with Crippen molar-refractivity contribution in [2.24, 2.45) is 5.92 Å². The summed E-state index contributed by atoms with van der Waals surface area (Å²) in [5.74, 6) is 1.74. The van der Waals surface area contributed by atoms with Gasteiger partial charge in [-0.15, -0.1) is 0 Å². The summed E-state index contributed by atoms with van der Waals surface area (Å²) in [6, 6.07) is 13.2. The maximum atomic E-state index is 11.5. The van der Waals surface area contributed by atoms with Gasteiger partial charge in [-0.05, 0) is 55.5 Å². The van der Waals surface area contributed by atoms with Gasteiger partial charge in [0.05, 0.1) is 11.1 Å². The van der Waals surface area contributed by atoms with E-state index in [1.807, 2.05) is 38.1 Å². The SMILES string of the molecule is CCCN(C[C@H]1CCN(c2nc(-c3ccccc3O)nc3cc(C)ccc23)C1)C(=O)O. The fraction of sp³-hybridized carbons (Fsp3) is 0.375. The number of carbonyl (C=O) groups is 1. The Morgan fingerprint density at radius 2 is 2.03 bits per heavy atom. The molecule has 1 amide bonds. The molecule has 0 aliphatic carbocycles. The third-order valence-electron chi connectivity index (χ3n) is 5.81. The number of anilines is 1. The second kappa shape index (κ2) is 8.79. The Kier molecular flexibility index (Phi) is 5.93. The predicted octanol–water partition coefficient (Wildman–Crippen LogP) is 4.53. The molecule has 2 heterocycles. The predicted molar refractivity (Wildman–Crippen MR) is 122 cm³/mol. The van der Waals surface area contributed by atoms with Gasteiger partial charge in [0.25, 0.3) is 0 Å². The average Bonchev–Trinajstić information content (AvgIpc) is 3.21. The summed E-state index contributed by atoms with van der Waals surface area (Å²) in [5.41, 5.74) is 2.55. The normalized spacial score (nSPS) is 16.1. The number of aromatic nitrogens is 2. The summed E-state index contributed by atoms with van der Waals surface area (Å²) < 4.78 is 0. The average molecular weight is 421 g/mol. The number of benzene rings is 2. The fourth-order valence-electron chi connectivity index (χ4n) is 4.27. The highest BCUT2D eigenvalue weighted by molar-refractivity contribution is 5.92. The summed E-state index contributed by atoms with van der Waals surface area (Å²) >= 11 is 0. The van der Waals surface area contributed by atoms with E-state index in [9.17, 15) is 15.0 Å². The van der Waals surface area contributed by atoms with Gasteiger partial charge in [0, 0.05) is 31.6 Å². The van der Waals surface area contributed by atoms with Gasteiger partial charge in [-0.3, -0.25) is 0 Å². The number of hydrogen-bond acceptors (Lipinski definition) is 5. The van der Waals surface area contributed by atoms with E-state index in [2.05, 4.69) is 11.0 Å². The molecule has 1 fully saturated rings. The van der Waals surface area contributed by atoms with Crippen LogP contribution in [0.15, 0.2) is 42.5 Å². The van der Waals surface area contributed by atoms with E-state index in [1.54, 1.807) is 12.1 Å². The van der Waals surface area contributed by atoms with E-state index in [4.69, 9.17) is 9.97 Å². The molecule has 1 aliphatic rings. The molecule has 31 heavy (non-hydrogen) atoms. The Balaban J connectivity index is 1.68. The third kappa shape index (κ3) is 4.40. The molecule has 0 spiro atoms. The van der Waals surface area contributed by atoms with E-state index < -0.39 is 6.09 Å². The smallest absolute Gasteiger partial charge is 0.407 e. The van der Waals surface area contributed by atoms with Crippen molar-refractivity contribution in [3.05, 3.63) is 48.0 Å². The molecule has 0 unspecified atom stereocenters. The summed E-state index contributed by atoms with van der Waals surface area (Å²) in [7, 11) is 0. The van der Waals surface area contributed by atoms with E-state index in [0.717, 1.165) is 48.2 Å². The van der Waals surface area contributed by atoms with Crippen LogP contribution < -0.4 is 4.90 Å². The van der Waals surface area contributed by atoms with Gasteiger partial charge >= 0.3 is 6.09 Å². The van der Waals surface area contributed by atoms with Crippen LogP contribution in [0.25, 0.3) is 22.3 Å². The van der Waals surface area contributed by atoms with Gasteiger partial charge < -0.3 is 20.0 Å². The van der Waals surface area contributed by atoms with E-state index >= 15 is 0 Å². The molecule has 2 aromatic carbocycles. The molecule has 0 bridgehead atoms. The number of rotatable bonds is 6. The summed E-state index contributed by atoms with van der Waals surface area (Å²) in [6.07, 6.45) is 0.865. The number of aryl methyl sites for hydroxylation is 1. The first-order chi connectivity index (χ1) is 15.0. The molecule has 7 heteroatoms. The van der Waals surface area contributed by atoms with Crippen molar-refractivity contribution in [2.45, 2.75) is 26.7 Å².